The minimum absolute atomic E-state index is 0.614. The molecule has 0 bridgehead atoms. The van der Waals surface area contributed by atoms with Crippen molar-refractivity contribution in [3.05, 3.63) is 23.9 Å². The van der Waals surface area contributed by atoms with Crippen molar-refractivity contribution in [1.82, 2.24) is 9.88 Å². The first-order valence-corrected chi connectivity index (χ1v) is 7.31. The van der Waals surface area contributed by atoms with Crippen LogP contribution in [0.15, 0.2) is 23.4 Å². The van der Waals surface area contributed by atoms with Gasteiger partial charge in [-0.1, -0.05) is 13.0 Å². The fourth-order valence-corrected chi connectivity index (χ4v) is 2.83. The van der Waals surface area contributed by atoms with Gasteiger partial charge in [-0.3, -0.25) is 4.90 Å². The normalized spacial score (nSPS) is 21.5. The molecule has 88 valence electrons. The Labute approximate surface area is 102 Å². The van der Waals surface area contributed by atoms with E-state index in [0.717, 1.165) is 5.03 Å². The first-order valence-electron chi connectivity index (χ1n) is 6.09. The number of thioether (sulfide) groups is 1. The highest BCUT2D eigenvalue weighted by Crippen LogP contribution is 2.31. The van der Waals surface area contributed by atoms with Crippen LogP contribution in [0.4, 0.5) is 0 Å². The Morgan fingerprint density at radius 3 is 3.00 bits per heavy atom. The molecule has 0 spiro atoms. The highest BCUT2D eigenvalue weighted by atomic mass is 32.2. The van der Waals surface area contributed by atoms with Gasteiger partial charge >= 0.3 is 0 Å². The lowest BCUT2D eigenvalue weighted by Gasteiger charge is -2.23. The second-order valence-corrected chi connectivity index (χ2v) is 5.15. The van der Waals surface area contributed by atoms with Gasteiger partial charge in [-0.05, 0) is 50.2 Å². The van der Waals surface area contributed by atoms with Crippen molar-refractivity contribution >= 4 is 11.8 Å². The molecule has 2 heterocycles. The van der Waals surface area contributed by atoms with Crippen LogP contribution < -0.4 is 0 Å². The lowest BCUT2D eigenvalue weighted by molar-refractivity contribution is 0.257. The van der Waals surface area contributed by atoms with Gasteiger partial charge in [-0.25, -0.2) is 4.98 Å². The van der Waals surface area contributed by atoms with Crippen molar-refractivity contribution in [2.45, 2.75) is 37.3 Å². The van der Waals surface area contributed by atoms with Gasteiger partial charge in [0.05, 0.1) is 5.03 Å². The van der Waals surface area contributed by atoms with Gasteiger partial charge in [-0.15, -0.1) is 11.8 Å². The van der Waals surface area contributed by atoms with E-state index < -0.39 is 0 Å². The van der Waals surface area contributed by atoms with Crippen molar-refractivity contribution in [2.75, 3.05) is 19.3 Å². The Morgan fingerprint density at radius 1 is 1.50 bits per heavy atom. The Morgan fingerprint density at radius 2 is 2.38 bits per heavy atom. The summed E-state index contributed by atoms with van der Waals surface area (Å²) in [6.45, 7) is 4.72. The average molecular weight is 236 g/mol. The summed E-state index contributed by atoms with van der Waals surface area (Å²) in [4.78, 5) is 7.07. The molecule has 0 N–H and O–H groups in total. The fourth-order valence-electron chi connectivity index (χ4n) is 2.47. The second-order valence-electron chi connectivity index (χ2n) is 4.33. The van der Waals surface area contributed by atoms with E-state index in [4.69, 9.17) is 0 Å². The van der Waals surface area contributed by atoms with Gasteiger partial charge in [-0.2, -0.15) is 0 Å². The van der Waals surface area contributed by atoms with E-state index in [1.165, 1.54) is 37.9 Å². The minimum atomic E-state index is 0.614. The zero-order valence-corrected chi connectivity index (χ0v) is 11.0. The van der Waals surface area contributed by atoms with E-state index >= 15 is 0 Å². The molecule has 0 unspecified atom stereocenters. The predicted molar refractivity (Wildman–Crippen MR) is 69.9 cm³/mol. The number of aromatic nitrogens is 1. The number of hydrogen-bond donors (Lipinski definition) is 0. The van der Waals surface area contributed by atoms with Gasteiger partial charge in [0, 0.05) is 12.2 Å². The molecule has 1 aromatic heterocycles. The molecule has 0 aromatic carbocycles. The first kappa shape index (κ1) is 11.9. The molecule has 0 amide bonds. The third-order valence-electron chi connectivity index (χ3n) is 3.23. The summed E-state index contributed by atoms with van der Waals surface area (Å²) in [7, 11) is 0. The van der Waals surface area contributed by atoms with Crippen molar-refractivity contribution < 1.29 is 0 Å². The van der Waals surface area contributed by atoms with Crippen LogP contribution in [0.3, 0.4) is 0 Å². The predicted octanol–water partition coefficient (Wildman–Crippen LogP) is 3.35. The summed E-state index contributed by atoms with van der Waals surface area (Å²) in [5, 5.41) is 1.11. The third-order valence-corrected chi connectivity index (χ3v) is 3.89. The molecule has 0 aliphatic carbocycles. The van der Waals surface area contributed by atoms with Crippen LogP contribution in [0.2, 0.25) is 0 Å². The van der Waals surface area contributed by atoms with E-state index in [2.05, 4.69) is 41.4 Å². The molecule has 1 atom stereocenters. The molecular formula is C13H20N2S. The van der Waals surface area contributed by atoms with Crippen LogP contribution in [-0.4, -0.2) is 29.2 Å². The van der Waals surface area contributed by atoms with Crippen molar-refractivity contribution in [2.24, 2.45) is 0 Å². The Balaban J connectivity index is 2.09. The summed E-state index contributed by atoms with van der Waals surface area (Å²) < 4.78 is 0. The van der Waals surface area contributed by atoms with Gasteiger partial charge in [0.15, 0.2) is 0 Å². The number of pyridine rings is 1. The van der Waals surface area contributed by atoms with Gasteiger partial charge < -0.3 is 0 Å². The Hall–Kier alpha value is -0.540. The molecule has 3 heteroatoms. The molecule has 1 saturated heterocycles. The van der Waals surface area contributed by atoms with Gasteiger partial charge in [0.25, 0.3) is 0 Å². The molecule has 1 fully saturated rings. The number of nitrogens with zero attached hydrogens (tertiary/aromatic N) is 2. The van der Waals surface area contributed by atoms with E-state index in [0.29, 0.717) is 6.04 Å². The van der Waals surface area contributed by atoms with Gasteiger partial charge in [0.1, 0.15) is 0 Å². The summed E-state index contributed by atoms with van der Waals surface area (Å²) in [6.07, 6.45) is 7.99. The third kappa shape index (κ3) is 2.58. The average Bonchev–Trinajstić information content (AvgIpc) is 2.78. The molecule has 2 nitrogen and oxygen atoms in total. The summed E-state index contributed by atoms with van der Waals surface area (Å²) >= 11 is 1.71. The molecule has 16 heavy (non-hydrogen) atoms. The summed E-state index contributed by atoms with van der Waals surface area (Å²) in [6, 6.07) is 5.00. The van der Waals surface area contributed by atoms with Crippen LogP contribution in [0.1, 0.15) is 37.8 Å². The van der Waals surface area contributed by atoms with Crippen LogP contribution in [0, 0.1) is 0 Å². The first-order chi connectivity index (χ1) is 7.85. The van der Waals surface area contributed by atoms with Crippen molar-refractivity contribution in [3.63, 3.8) is 0 Å². The zero-order chi connectivity index (χ0) is 11.4. The van der Waals surface area contributed by atoms with Crippen LogP contribution in [0.5, 0.6) is 0 Å². The quantitative estimate of drug-likeness (QED) is 0.746. The summed E-state index contributed by atoms with van der Waals surface area (Å²) in [5.41, 5.74) is 1.39. The monoisotopic (exact) mass is 236 g/mol. The van der Waals surface area contributed by atoms with Crippen LogP contribution >= 0.6 is 11.8 Å². The van der Waals surface area contributed by atoms with Crippen molar-refractivity contribution in [1.29, 1.82) is 0 Å². The fraction of sp³-hybridized carbons (Fsp3) is 0.615. The SMILES string of the molecule is CCCN1CCC[C@H]1c1ccc(SC)nc1. The molecule has 1 aromatic rings. The van der Waals surface area contributed by atoms with Gasteiger partial charge in [0.2, 0.25) is 0 Å². The lowest BCUT2D eigenvalue weighted by Crippen LogP contribution is -2.24. The molecule has 0 saturated carbocycles. The largest absolute Gasteiger partial charge is 0.296 e. The molecular weight excluding hydrogens is 216 g/mol. The molecule has 1 aliphatic rings. The maximum atomic E-state index is 4.47. The van der Waals surface area contributed by atoms with E-state index in [1.54, 1.807) is 11.8 Å². The summed E-state index contributed by atoms with van der Waals surface area (Å²) in [5.74, 6) is 0. The standard InChI is InChI=1S/C13H20N2S/c1-3-8-15-9-4-5-12(15)11-6-7-13(16-2)14-10-11/h6-7,10,12H,3-5,8-9H2,1-2H3/t12-/m0/s1. The molecule has 0 radical (unpaired) electrons. The number of hydrogen-bond acceptors (Lipinski definition) is 3. The topological polar surface area (TPSA) is 16.1 Å². The number of likely N-dealkylation sites (tertiary alicyclic amines) is 1. The maximum absolute atomic E-state index is 4.47. The molecule has 1 aliphatic heterocycles. The highest BCUT2D eigenvalue weighted by molar-refractivity contribution is 7.98. The second kappa shape index (κ2) is 5.69. The lowest BCUT2D eigenvalue weighted by atomic mass is 10.1. The van der Waals surface area contributed by atoms with Crippen LogP contribution in [0.25, 0.3) is 0 Å². The highest BCUT2D eigenvalue weighted by Gasteiger charge is 2.25. The van der Waals surface area contributed by atoms with E-state index in [9.17, 15) is 0 Å². The van der Waals surface area contributed by atoms with Crippen LogP contribution in [-0.2, 0) is 0 Å². The Kier molecular flexibility index (Phi) is 4.24. The maximum Gasteiger partial charge on any atom is 0.0957 e. The Bertz CT molecular complexity index is 323. The zero-order valence-electron chi connectivity index (χ0n) is 10.1. The molecule has 2 rings (SSSR count). The minimum Gasteiger partial charge on any atom is -0.296 e. The van der Waals surface area contributed by atoms with E-state index in [-0.39, 0.29) is 0 Å². The van der Waals surface area contributed by atoms with Crippen molar-refractivity contribution in [3.8, 4) is 0 Å². The number of rotatable bonds is 4. The van der Waals surface area contributed by atoms with E-state index in [1.807, 2.05) is 0 Å². The smallest absolute Gasteiger partial charge is 0.0957 e.